The zero-order valence-corrected chi connectivity index (χ0v) is 13.0. The predicted molar refractivity (Wildman–Crippen MR) is 80.7 cm³/mol. The van der Waals surface area contributed by atoms with Gasteiger partial charge >= 0.3 is 0 Å². The van der Waals surface area contributed by atoms with Crippen LogP contribution in [0.2, 0.25) is 0 Å². The van der Waals surface area contributed by atoms with E-state index in [4.69, 9.17) is 4.74 Å². The van der Waals surface area contributed by atoms with Crippen LogP contribution in [-0.2, 0) is 4.79 Å². The van der Waals surface area contributed by atoms with Gasteiger partial charge in [-0.2, -0.15) is 0 Å². The van der Waals surface area contributed by atoms with E-state index in [1.54, 1.807) is 18.2 Å². The van der Waals surface area contributed by atoms with Crippen LogP contribution in [0.1, 0.15) is 40.0 Å². The molecular formula is C17H24FNO2. The first-order chi connectivity index (χ1) is 10.1. The summed E-state index contributed by atoms with van der Waals surface area (Å²) in [5.41, 5.74) is 0. The van der Waals surface area contributed by atoms with Gasteiger partial charge < -0.3 is 9.64 Å². The number of likely N-dealkylation sites (tertiary alicyclic amines) is 1. The first kappa shape index (κ1) is 15.8. The van der Waals surface area contributed by atoms with Crippen molar-refractivity contribution in [2.24, 2.45) is 5.92 Å². The van der Waals surface area contributed by atoms with Crippen LogP contribution in [0.15, 0.2) is 24.3 Å². The molecule has 0 radical (unpaired) electrons. The number of ether oxygens (including phenoxy) is 1. The molecule has 116 valence electrons. The molecule has 0 saturated carbocycles. The van der Waals surface area contributed by atoms with Crippen molar-refractivity contribution in [3.05, 3.63) is 30.1 Å². The second-order valence-corrected chi connectivity index (χ2v) is 5.67. The summed E-state index contributed by atoms with van der Waals surface area (Å²) in [6, 6.07) is 6.47. The molecule has 1 aromatic rings. The molecule has 4 heteroatoms. The van der Waals surface area contributed by atoms with Gasteiger partial charge in [0.15, 0.2) is 17.7 Å². The Balaban J connectivity index is 2.07. The molecule has 1 aromatic carbocycles. The van der Waals surface area contributed by atoms with Gasteiger partial charge in [-0.05, 0) is 37.8 Å². The summed E-state index contributed by atoms with van der Waals surface area (Å²) >= 11 is 0. The van der Waals surface area contributed by atoms with Crippen molar-refractivity contribution in [2.75, 3.05) is 6.54 Å². The van der Waals surface area contributed by atoms with E-state index in [-0.39, 0.29) is 17.7 Å². The molecule has 0 bridgehead atoms. The van der Waals surface area contributed by atoms with E-state index in [1.165, 1.54) is 6.07 Å². The lowest BCUT2D eigenvalue weighted by atomic mass is 9.99. The fourth-order valence-corrected chi connectivity index (χ4v) is 3.05. The third-order valence-corrected chi connectivity index (χ3v) is 4.47. The van der Waals surface area contributed by atoms with Crippen molar-refractivity contribution < 1.29 is 13.9 Å². The Bertz CT molecular complexity index is 491. The lowest BCUT2D eigenvalue weighted by molar-refractivity contribution is -0.139. The Kier molecular flexibility index (Phi) is 5.21. The van der Waals surface area contributed by atoms with Gasteiger partial charge in [0.2, 0.25) is 0 Å². The van der Waals surface area contributed by atoms with Crippen molar-refractivity contribution in [3.63, 3.8) is 0 Å². The largest absolute Gasteiger partial charge is 0.478 e. The topological polar surface area (TPSA) is 29.5 Å². The molecule has 0 aliphatic carbocycles. The van der Waals surface area contributed by atoms with E-state index >= 15 is 0 Å². The number of benzene rings is 1. The quantitative estimate of drug-likeness (QED) is 0.829. The molecule has 2 rings (SSSR count). The lowest BCUT2D eigenvalue weighted by Crippen LogP contribution is -2.44. The zero-order chi connectivity index (χ0) is 15.4. The smallest absolute Gasteiger partial charge is 0.263 e. The fraction of sp³-hybridized carbons (Fsp3) is 0.588. The predicted octanol–water partition coefficient (Wildman–Crippen LogP) is 3.63. The molecular weight excluding hydrogens is 269 g/mol. The summed E-state index contributed by atoms with van der Waals surface area (Å²) in [4.78, 5) is 14.5. The van der Waals surface area contributed by atoms with E-state index in [9.17, 15) is 9.18 Å². The van der Waals surface area contributed by atoms with Gasteiger partial charge in [0.05, 0.1) is 0 Å². The second-order valence-electron chi connectivity index (χ2n) is 5.67. The molecule has 1 aliphatic rings. The second kappa shape index (κ2) is 6.92. The van der Waals surface area contributed by atoms with Crippen LogP contribution in [0.5, 0.6) is 5.75 Å². The number of carbonyl (C=O) groups excluding carboxylic acids is 1. The molecule has 0 unspecified atom stereocenters. The standard InChI is InChI=1S/C17H24FNO2/c1-4-13-10-11-19(12(13)3)17(20)15(5-2)21-16-9-7-6-8-14(16)18/h6-9,12-13,15H,4-5,10-11H2,1-3H3/t12-,13+,15-/m0/s1. The normalized spacial score (nSPS) is 23.1. The zero-order valence-electron chi connectivity index (χ0n) is 13.0. The van der Waals surface area contributed by atoms with Crippen molar-refractivity contribution in [1.29, 1.82) is 0 Å². The highest BCUT2D eigenvalue weighted by atomic mass is 19.1. The summed E-state index contributed by atoms with van der Waals surface area (Å²) < 4.78 is 19.3. The highest BCUT2D eigenvalue weighted by Gasteiger charge is 2.36. The van der Waals surface area contributed by atoms with Crippen molar-refractivity contribution >= 4 is 5.91 Å². The highest BCUT2D eigenvalue weighted by molar-refractivity contribution is 5.81. The van der Waals surface area contributed by atoms with Gasteiger partial charge in [0.1, 0.15) is 0 Å². The molecule has 3 atom stereocenters. The van der Waals surface area contributed by atoms with Crippen LogP contribution in [0.4, 0.5) is 4.39 Å². The summed E-state index contributed by atoms with van der Waals surface area (Å²) in [5, 5.41) is 0. The van der Waals surface area contributed by atoms with Gasteiger partial charge in [0.25, 0.3) is 5.91 Å². The highest BCUT2D eigenvalue weighted by Crippen LogP contribution is 2.28. The van der Waals surface area contributed by atoms with Gasteiger partial charge in [-0.3, -0.25) is 4.79 Å². The molecule has 0 N–H and O–H groups in total. The maximum absolute atomic E-state index is 13.7. The number of hydrogen-bond donors (Lipinski definition) is 0. The molecule has 1 amide bonds. The van der Waals surface area contributed by atoms with Gasteiger partial charge in [-0.15, -0.1) is 0 Å². The fourth-order valence-electron chi connectivity index (χ4n) is 3.05. The van der Waals surface area contributed by atoms with E-state index in [2.05, 4.69) is 13.8 Å². The van der Waals surface area contributed by atoms with E-state index in [1.807, 2.05) is 11.8 Å². The molecule has 3 nitrogen and oxygen atoms in total. The summed E-state index contributed by atoms with van der Waals surface area (Å²) in [7, 11) is 0. The average molecular weight is 293 g/mol. The van der Waals surface area contributed by atoms with Crippen LogP contribution in [-0.4, -0.2) is 29.5 Å². The minimum atomic E-state index is -0.611. The SMILES string of the molecule is CC[C@@H]1CCN(C(=O)[C@H](CC)Oc2ccccc2F)[C@H]1C. The summed E-state index contributed by atoms with van der Waals surface area (Å²) in [6.07, 6.45) is 2.04. The van der Waals surface area contributed by atoms with Crippen molar-refractivity contribution in [2.45, 2.75) is 52.2 Å². The molecule has 1 heterocycles. The number of carbonyl (C=O) groups is 1. The van der Waals surface area contributed by atoms with Crippen LogP contribution < -0.4 is 4.74 Å². The third-order valence-electron chi connectivity index (χ3n) is 4.47. The van der Waals surface area contributed by atoms with Crippen molar-refractivity contribution in [3.8, 4) is 5.75 Å². The average Bonchev–Trinajstić information content (AvgIpc) is 2.86. The van der Waals surface area contributed by atoms with Gasteiger partial charge in [-0.1, -0.05) is 32.4 Å². The number of rotatable bonds is 5. The Morgan fingerprint density at radius 1 is 1.43 bits per heavy atom. The molecule has 21 heavy (non-hydrogen) atoms. The third kappa shape index (κ3) is 3.36. The van der Waals surface area contributed by atoms with Crippen molar-refractivity contribution in [1.82, 2.24) is 4.90 Å². The summed E-state index contributed by atoms with van der Waals surface area (Å²) in [6.45, 7) is 6.91. The molecule has 0 spiro atoms. The monoisotopic (exact) mass is 293 g/mol. The number of nitrogens with zero attached hydrogens (tertiary/aromatic N) is 1. The maximum Gasteiger partial charge on any atom is 0.263 e. The Labute approximate surface area is 126 Å². The van der Waals surface area contributed by atoms with Crippen LogP contribution in [0, 0.1) is 11.7 Å². The van der Waals surface area contributed by atoms with Crippen LogP contribution in [0.25, 0.3) is 0 Å². The van der Waals surface area contributed by atoms with Crippen LogP contribution >= 0.6 is 0 Å². The minimum absolute atomic E-state index is 0.0239. The number of halogens is 1. The number of para-hydroxylation sites is 1. The minimum Gasteiger partial charge on any atom is -0.478 e. The number of hydrogen-bond acceptors (Lipinski definition) is 2. The van der Waals surface area contributed by atoms with E-state index in [0.29, 0.717) is 12.3 Å². The molecule has 1 saturated heterocycles. The molecule has 0 aromatic heterocycles. The Hall–Kier alpha value is -1.58. The Morgan fingerprint density at radius 3 is 2.71 bits per heavy atom. The van der Waals surface area contributed by atoms with Gasteiger partial charge in [0, 0.05) is 12.6 Å². The van der Waals surface area contributed by atoms with Crippen LogP contribution in [0.3, 0.4) is 0 Å². The summed E-state index contributed by atoms with van der Waals surface area (Å²) in [5.74, 6) is 0.255. The molecule has 1 aliphatic heterocycles. The first-order valence-electron chi connectivity index (χ1n) is 7.80. The maximum atomic E-state index is 13.7. The first-order valence-corrected chi connectivity index (χ1v) is 7.80. The Morgan fingerprint density at radius 2 is 2.14 bits per heavy atom. The van der Waals surface area contributed by atoms with Gasteiger partial charge in [-0.25, -0.2) is 4.39 Å². The van der Waals surface area contributed by atoms with E-state index < -0.39 is 11.9 Å². The number of amides is 1. The molecule has 1 fully saturated rings. The lowest BCUT2D eigenvalue weighted by Gasteiger charge is -2.28. The van der Waals surface area contributed by atoms with E-state index in [0.717, 1.165) is 19.4 Å².